The van der Waals surface area contributed by atoms with E-state index in [0.29, 0.717) is 11.6 Å². The van der Waals surface area contributed by atoms with Gasteiger partial charge in [0.2, 0.25) is 5.88 Å². The molecule has 0 aromatic rings. The van der Waals surface area contributed by atoms with Crippen molar-refractivity contribution >= 4 is 5.84 Å². The van der Waals surface area contributed by atoms with Gasteiger partial charge in [-0.3, -0.25) is 0 Å². The van der Waals surface area contributed by atoms with Crippen molar-refractivity contribution in [3.05, 3.63) is 24.8 Å². The van der Waals surface area contributed by atoms with E-state index in [1.54, 1.807) is 7.05 Å². The van der Waals surface area contributed by atoms with Crippen LogP contribution >= 0.6 is 0 Å². The second-order valence-corrected chi connectivity index (χ2v) is 1.93. The van der Waals surface area contributed by atoms with E-state index < -0.39 is 0 Å². The lowest BCUT2D eigenvalue weighted by Gasteiger charge is -2.22. The fourth-order valence-corrected chi connectivity index (χ4v) is 0.534. The summed E-state index contributed by atoms with van der Waals surface area (Å²) in [6.45, 7) is 7.07. The highest BCUT2D eigenvalue weighted by Gasteiger charge is 2.13. The molecule has 0 aromatic heterocycles. The summed E-state index contributed by atoms with van der Waals surface area (Å²) in [6, 6.07) is 0. The van der Waals surface area contributed by atoms with Crippen LogP contribution in [0, 0.1) is 0 Å². The molecule has 0 amide bonds. The molecule has 1 aliphatic rings. The van der Waals surface area contributed by atoms with Crippen LogP contribution in [0.2, 0.25) is 0 Å². The van der Waals surface area contributed by atoms with Crippen LogP contribution in [0.1, 0.15) is 0 Å². The Balaban J connectivity index is 2.89. The maximum absolute atomic E-state index is 5.37. The van der Waals surface area contributed by atoms with E-state index in [4.69, 9.17) is 10.5 Å². The molecule has 0 radical (unpaired) electrons. The van der Waals surface area contributed by atoms with Crippen molar-refractivity contribution in [2.45, 2.75) is 0 Å². The fraction of sp³-hybridized carbons (Fsp3) is 0.167. The zero-order valence-electron chi connectivity index (χ0n) is 5.79. The average Bonchev–Trinajstić information content (AvgIpc) is 1.84. The Hall–Kier alpha value is -1.45. The number of hydrazone groups is 1. The number of amidine groups is 1. The van der Waals surface area contributed by atoms with Gasteiger partial charge in [0.05, 0.1) is 0 Å². The lowest BCUT2D eigenvalue weighted by molar-refractivity contribution is 0.187. The van der Waals surface area contributed by atoms with Gasteiger partial charge in [-0.15, -0.1) is 5.10 Å². The van der Waals surface area contributed by atoms with Crippen molar-refractivity contribution in [1.82, 2.24) is 5.01 Å². The monoisotopic (exact) mass is 139 g/mol. The maximum Gasteiger partial charge on any atom is 0.208 e. The molecule has 4 nitrogen and oxygen atoms in total. The molecule has 2 N–H and O–H groups in total. The van der Waals surface area contributed by atoms with Crippen LogP contribution in [0.4, 0.5) is 0 Å². The predicted molar refractivity (Wildman–Crippen MR) is 38.8 cm³/mol. The van der Waals surface area contributed by atoms with Crippen molar-refractivity contribution in [2.24, 2.45) is 10.8 Å². The Labute approximate surface area is 59.3 Å². The molecular weight excluding hydrogens is 130 g/mol. The Morgan fingerprint density at radius 2 is 2.20 bits per heavy atom. The molecule has 10 heavy (non-hydrogen) atoms. The molecule has 0 fully saturated rings. The Kier molecular flexibility index (Phi) is 1.37. The molecule has 0 bridgehead atoms. The van der Waals surface area contributed by atoms with Crippen LogP contribution in [0.5, 0.6) is 0 Å². The van der Waals surface area contributed by atoms with Crippen molar-refractivity contribution in [2.75, 3.05) is 7.05 Å². The van der Waals surface area contributed by atoms with Gasteiger partial charge in [0.25, 0.3) is 0 Å². The zero-order valence-corrected chi connectivity index (χ0v) is 5.79. The van der Waals surface area contributed by atoms with Crippen LogP contribution in [-0.4, -0.2) is 17.9 Å². The highest BCUT2D eigenvalue weighted by Crippen LogP contribution is 2.12. The lowest BCUT2D eigenvalue weighted by Crippen LogP contribution is -2.28. The summed E-state index contributed by atoms with van der Waals surface area (Å²) in [4.78, 5) is 0. The van der Waals surface area contributed by atoms with E-state index in [-0.39, 0.29) is 5.84 Å². The van der Waals surface area contributed by atoms with Crippen molar-refractivity contribution in [1.29, 1.82) is 0 Å². The minimum atomic E-state index is 0.287. The van der Waals surface area contributed by atoms with E-state index in [9.17, 15) is 0 Å². The quantitative estimate of drug-likeness (QED) is 0.521. The molecule has 1 aliphatic heterocycles. The molecule has 4 heteroatoms. The lowest BCUT2D eigenvalue weighted by atomic mass is 10.5. The van der Waals surface area contributed by atoms with Gasteiger partial charge in [0.15, 0.2) is 11.6 Å². The number of nitrogens with zero attached hydrogens (tertiary/aromatic N) is 2. The van der Waals surface area contributed by atoms with E-state index in [0.717, 1.165) is 0 Å². The first-order valence-corrected chi connectivity index (χ1v) is 2.75. The first-order chi connectivity index (χ1) is 4.61. The molecule has 0 saturated heterocycles. The SMILES string of the molecule is C=C1OC(=C)N(C)N=C1N. The van der Waals surface area contributed by atoms with Gasteiger partial charge in [0, 0.05) is 7.05 Å². The van der Waals surface area contributed by atoms with Crippen LogP contribution in [0.15, 0.2) is 29.9 Å². The predicted octanol–water partition coefficient (Wildman–Crippen LogP) is 0.206. The topological polar surface area (TPSA) is 50.8 Å². The van der Waals surface area contributed by atoms with Gasteiger partial charge in [-0.2, -0.15) is 0 Å². The second-order valence-electron chi connectivity index (χ2n) is 1.93. The van der Waals surface area contributed by atoms with E-state index >= 15 is 0 Å². The summed E-state index contributed by atoms with van der Waals surface area (Å²) in [5.74, 6) is 1.07. The number of nitrogens with two attached hydrogens (primary N) is 1. The minimum absolute atomic E-state index is 0.287. The van der Waals surface area contributed by atoms with Crippen LogP contribution in [-0.2, 0) is 4.74 Å². The average molecular weight is 139 g/mol. The molecular formula is C6H9N3O. The van der Waals surface area contributed by atoms with E-state index in [2.05, 4.69) is 18.3 Å². The van der Waals surface area contributed by atoms with E-state index in [1.165, 1.54) is 5.01 Å². The third kappa shape index (κ3) is 0.953. The molecule has 1 rings (SSSR count). The summed E-state index contributed by atoms with van der Waals surface area (Å²) >= 11 is 0. The standard InChI is InChI=1S/C6H9N3O/c1-4-6(7)8-9(3)5(2)10-4/h1-2H2,3H3,(H2,7,8). The summed E-state index contributed by atoms with van der Waals surface area (Å²) in [7, 11) is 1.70. The third-order valence-electron chi connectivity index (χ3n) is 1.15. The molecule has 0 spiro atoms. The first-order valence-electron chi connectivity index (χ1n) is 2.75. The number of ether oxygens (including phenoxy) is 1. The number of hydrogen-bond donors (Lipinski definition) is 1. The summed E-state index contributed by atoms with van der Waals surface area (Å²) < 4.78 is 4.99. The zero-order chi connectivity index (χ0) is 7.72. The molecule has 0 unspecified atom stereocenters. The minimum Gasteiger partial charge on any atom is -0.437 e. The molecule has 54 valence electrons. The fourth-order valence-electron chi connectivity index (χ4n) is 0.534. The summed E-state index contributed by atoms with van der Waals surface area (Å²) in [6.07, 6.45) is 0. The van der Waals surface area contributed by atoms with Crippen LogP contribution < -0.4 is 5.73 Å². The van der Waals surface area contributed by atoms with E-state index in [1.807, 2.05) is 0 Å². The normalized spacial score (nSPS) is 18.5. The Morgan fingerprint density at radius 1 is 1.60 bits per heavy atom. The number of rotatable bonds is 0. The van der Waals surface area contributed by atoms with Crippen LogP contribution in [0.25, 0.3) is 0 Å². The Bertz CT molecular complexity index is 219. The van der Waals surface area contributed by atoms with Gasteiger partial charge < -0.3 is 10.5 Å². The Morgan fingerprint density at radius 3 is 2.70 bits per heavy atom. The highest BCUT2D eigenvalue weighted by molar-refractivity contribution is 5.94. The van der Waals surface area contributed by atoms with Crippen LogP contribution in [0.3, 0.4) is 0 Å². The van der Waals surface area contributed by atoms with Gasteiger partial charge in [-0.25, -0.2) is 5.01 Å². The van der Waals surface area contributed by atoms with Crippen molar-refractivity contribution in [3.8, 4) is 0 Å². The first kappa shape index (κ1) is 6.67. The van der Waals surface area contributed by atoms with Gasteiger partial charge in [-0.1, -0.05) is 6.58 Å². The van der Waals surface area contributed by atoms with Gasteiger partial charge in [-0.05, 0) is 6.58 Å². The maximum atomic E-state index is 5.37. The largest absolute Gasteiger partial charge is 0.437 e. The van der Waals surface area contributed by atoms with Gasteiger partial charge >= 0.3 is 0 Å². The smallest absolute Gasteiger partial charge is 0.208 e. The van der Waals surface area contributed by atoms with Gasteiger partial charge in [0.1, 0.15) is 0 Å². The summed E-state index contributed by atoms with van der Waals surface area (Å²) in [5.41, 5.74) is 5.37. The highest BCUT2D eigenvalue weighted by atomic mass is 16.5. The third-order valence-corrected chi connectivity index (χ3v) is 1.15. The van der Waals surface area contributed by atoms with Crippen molar-refractivity contribution < 1.29 is 4.74 Å². The van der Waals surface area contributed by atoms with Crippen molar-refractivity contribution in [3.63, 3.8) is 0 Å². The molecule has 0 aromatic carbocycles. The number of hydrogen-bond acceptors (Lipinski definition) is 4. The molecule has 0 atom stereocenters. The molecule has 0 aliphatic carbocycles. The second kappa shape index (κ2) is 2.06. The molecule has 0 saturated carbocycles. The summed E-state index contributed by atoms with van der Waals surface area (Å²) in [5, 5.41) is 5.30. The molecule has 1 heterocycles.